The Morgan fingerprint density at radius 1 is 1.10 bits per heavy atom. The quantitative estimate of drug-likeness (QED) is 0.927. The second kappa shape index (κ2) is 5.07. The number of fused-ring (bicyclic) bond motifs is 1. The number of hydrogen-bond donors (Lipinski definition) is 1. The van der Waals surface area contributed by atoms with Crippen LogP contribution in [0.5, 0.6) is 5.75 Å². The van der Waals surface area contributed by atoms with Crippen LogP contribution in [0, 0.1) is 20.8 Å². The summed E-state index contributed by atoms with van der Waals surface area (Å²) < 4.78 is 5.85. The van der Waals surface area contributed by atoms with Gasteiger partial charge in [-0.2, -0.15) is 0 Å². The largest absolute Gasteiger partial charge is 0.483 e. The molecule has 0 aliphatic carbocycles. The van der Waals surface area contributed by atoms with Gasteiger partial charge in [0.25, 0.3) is 0 Å². The molecule has 0 fully saturated rings. The van der Waals surface area contributed by atoms with Gasteiger partial charge in [0.15, 0.2) is 5.75 Å². The molecule has 1 N–H and O–H groups in total. The van der Waals surface area contributed by atoms with Crippen LogP contribution >= 0.6 is 0 Å². The SMILES string of the molecule is Cc1nc(C)c(OCc2ccc3c(n2)NCC3)c(C)n1. The van der Waals surface area contributed by atoms with Crippen LogP contribution in [0.4, 0.5) is 5.82 Å². The lowest BCUT2D eigenvalue weighted by Crippen LogP contribution is -2.05. The number of nitrogens with zero attached hydrogens (tertiary/aromatic N) is 3. The monoisotopic (exact) mass is 270 g/mol. The van der Waals surface area contributed by atoms with E-state index in [1.165, 1.54) is 5.56 Å². The van der Waals surface area contributed by atoms with Gasteiger partial charge in [-0.1, -0.05) is 6.07 Å². The molecular formula is C15H18N4O. The molecule has 5 heteroatoms. The van der Waals surface area contributed by atoms with Crippen LogP contribution < -0.4 is 10.1 Å². The third kappa shape index (κ3) is 2.43. The predicted octanol–water partition coefficient (Wildman–Crippen LogP) is 2.34. The first-order chi connectivity index (χ1) is 9.63. The van der Waals surface area contributed by atoms with Crippen LogP contribution in [-0.4, -0.2) is 21.5 Å². The van der Waals surface area contributed by atoms with E-state index in [9.17, 15) is 0 Å². The van der Waals surface area contributed by atoms with E-state index < -0.39 is 0 Å². The Kier molecular flexibility index (Phi) is 3.26. The molecule has 0 saturated carbocycles. The maximum absolute atomic E-state index is 5.85. The summed E-state index contributed by atoms with van der Waals surface area (Å²) in [5.74, 6) is 2.51. The highest BCUT2D eigenvalue weighted by Crippen LogP contribution is 2.23. The number of aromatic nitrogens is 3. The highest BCUT2D eigenvalue weighted by atomic mass is 16.5. The van der Waals surface area contributed by atoms with Crippen molar-refractivity contribution in [2.75, 3.05) is 11.9 Å². The molecule has 20 heavy (non-hydrogen) atoms. The Hall–Kier alpha value is -2.17. The zero-order valence-corrected chi connectivity index (χ0v) is 12.0. The lowest BCUT2D eigenvalue weighted by Gasteiger charge is -2.11. The Morgan fingerprint density at radius 3 is 2.60 bits per heavy atom. The van der Waals surface area contributed by atoms with E-state index in [-0.39, 0.29) is 0 Å². The molecule has 1 aliphatic heterocycles. The fourth-order valence-corrected chi connectivity index (χ4v) is 2.51. The normalized spacial score (nSPS) is 12.9. The van der Waals surface area contributed by atoms with Crippen LogP contribution in [0.2, 0.25) is 0 Å². The molecule has 104 valence electrons. The summed E-state index contributed by atoms with van der Waals surface area (Å²) >= 11 is 0. The summed E-state index contributed by atoms with van der Waals surface area (Å²) in [6.45, 7) is 7.17. The van der Waals surface area contributed by atoms with E-state index in [4.69, 9.17) is 4.74 Å². The summed E-state index contributed by atoms with van der Waals surface area (Å²) in [6, 6.07) is 4.14. The van der Waals surface area contributed by atoms with Gasteiger partial charge in [-0.15, -0.1) is 0 Å². The van der Waals surface area contributed by atoms with Crippen LogP contribution in [0.15, 0.2) is 12.1 Å². The predicted molar refractivity (Wildman–Crippen MR) is 77.0 cm³/mol. The van der Waals surface area contributed by atoms with Crippen molar-refractivity contribution in [3.63, 3.8) is 0 Å². The molecule has 2 aromatic heterocycles. The van der Waals surface area contributed by atoms with Crippen molar-refractivity contribution >= 4 is 5.82 Å². The molecule has 3 heterocycles. The average Bonchev–Trinajstić information content (AvgIpc) is 2.84. The molecular weight excluding hydrogens is 252 g/mol. The van der Waals surface area contributed by atoms with Gasteiger partial charge in [0.2, 0.25) is 0 Å². The highest BCUT2D eigenvalue weighted by Gasteiger charge is 2.13. The third-order valence-corrected chi connectivity index (χ3v) is 3.40. The van der Waals surface area contributed by atoms with Gasteiger partial charge < -0.3 is 10.1 Å². The average molecular weight is 270 g/mol. The summed E-state index contributed by atoms with van der Waals surface area (Å²) in [6.07, 6.45) is 1.05. The molecule has 0 radical (unpaired) electrons. The number of rotatable bonds is 3. The minimum atomic E-state index is 0.434. The molecule has 3 rings (SSSR count). The molecule has 0 bridgehead atoms. The fraction of sp³-hybridized carbons (Fsp3) is 0.400. The first-order valence-electron chi connectivity index (χ1n) is 6.81. The van der Waals surface area contributed by atoms with Crippen LogP contribution in [-0.2, 0) is 13.0 Å². The zero-order valence-electron chi connectivity index (χ0n) is 12.0. The topological polar surface area (TPSA) is 59.9 Å². The van der Waals surface area contributed by atoms with Crippen molar-refractivity contribution in [2.45, 2.75) is 33.8 Å². The molecule has 0 amide bonds. The van der Waals surface area contributed by atoms with Crippen LogP contribution in [0.1, 0.15) is 28.5 Å². The lowest BCUT2D eigenvalue weighted by molar-refractivity contribution is 0.293. The van der Waals surface area contributed by atoms with E-state index in [0.29, 0.717) is 6.61 Å². The minimum absolute atomic E-state index is 0.434. The van der Waals surface area contributed by atoms with Gasteiger partial charge in [0.1, 0.15) is 18.2 Å². The van der Waals surface area contributed by atoms with Gasteiger partial charge in [-0.3, -0.25) is 0 Å². The molecule has 0 spiro atoms. The number of nitrogens with one attached hydrogen (secondary N) is 1. The van der Waals surface area contributed by atoms with E-state index in [2.05, 4.69) is 26.3 Å². The Balaban J connectivity index is 1.77. The number of ether oxygens (including phenoxy) is 1. The molecule has 0 atom stereocenters. The standard InChI is InChI=1S/C15H18N4O/c1-9-14(10(2)18-11(3)17-9)20-8-13-5-4-12-6-7-16-15(12)19-13/h4-5H,6-8H2,1-3H3,(H,16,19). The third-order valence-electron chi connectivity index (χ3n) is 3.40. The molecule has 0 unspecified atom stereocenters. The van der Waals surface area contributed by atoms with Crippen molar-refractivity contribution < 1.29 is 4.74 Å². The number of hydrogen-bond acceptors (Lipinski definition) is 5. The fourth-order valence-electron chi connectivity index (χ4n) is 2.51. The summed E-state index contributed by atoms with van der Waals surface area (Å²) in [5.41, 5.74) is 3.93. The van der Waals surface area contributed by atoms with Crippen molar-refractivity contribution in [3.8, 4) is 5.75 Å². The zero-order chi connectivity index (χ0) is 14.1. The van der Waals surface area contributed by atoms with Crippen LogP contribution in [0.25, 0.3) is 0 Å². The lowest BCUT2D eigenvalue weighted by atomic mass is 10.2. The van der Waals surface area contributed by atoms with Crippen LogP contribution in [0.3, 0.4) is 0 Å². The Bertz CT molecular complexity index is 631. The van der Waals surface area contributed by atoms with Gasteiger partial charge in [0.05, 0.1) is 17.1 Å². The molecule has 0 saturated heterocycles. The maximum atomic E-state index is 5.85. The Labute approximate surface area is 118 Å². The number of pyridine rings is 1. The van der Waals surface area contributed by atoms with Crippen molar-refractivity contribution in [3.05, 3.63) is 40.6 Å². The van der Waals surface area contributed by atoms with Crippen molar-refractivity contribution in [1.29, 1.82) is 0 Å². The summed E-state index contributed by atoms with van der Waals surface area (Å²) in [5, 5.41) is 3.28. The first kappa shape index (κ1) is 12.8. The summed E-state index contributed by atoms with van der Waals surface area (Å²) in [7, 11) is 0. The van der Waals surface area contributed by atoms with Gasteiger partial charge in [-0.25, -0.2) is 15.0 Å². The van der Waals surface area contributed by atoms with Crippen molar-refractivity contribution in [1.82, 2.24) is 15.0 Å². The number of aryl methyl sites for hydroxylation is 3. The van der Waals surface area contributed by atoms with Crippen molar-refractivity contribution in [2.24, 2.45) is 0 Å². The second-order valence-electron chi connectivity index (χ2n) is 5.05. The van der Waals surface area contributed by atoms with Gasteiger partial charge in [0, 0.05) is 6.54 Å². The maximum Gasteiger partial charge on any atom is 0.162 e. The minimum Gasteiger partial charge on any atom is -0.483 e. The highest BCUT2D eigenvalue weighted by molar-refractivity contribution is 5.49. The molecule has 0 aromatic carbocycles. The molecule has 1 aliphatic rings. The summed E-state index contributed by atoms with van der Waals surface area (Å²) in [4.78, 5) is 13.2. The second-order valence-corrected chi connectivity index (χ2v) is 5.05. The van der Waals surface area contributed by atoms with E-state index in [0.717, 1.165) is 47.4 Å². The van der Waals surface area contributed by atoms with E-state index >= 15 is 0 Å². The Morgan fingerprint density at radius 2 is 1.85 bits per heavy atom. The van der Waals surface area contributed by atoms with Gasteiger partial charge >= 0.3 is 0 Å². The van der Waals surface area contributed by atoms with Gasteiger partial charge in [-0.05, 0) is 38.8 Å². The smallest absolute Gasteiger partial charge is 0.162 e. The molecule has 5 nitrogen and oxygen atoms in total. The number of anilines is 1. The first-order valence-corrected chi connectivity index (χ1v) is 6.81. The van der Waals surface area contributed by atoms with E-state index in [1.807, 2.05) is 26.8 Å². The molecule has 2 aromatic rings. The van der Waals surface area contributed by atoms with E-state index in [1.54, 1.807) is 0 Å².